The van der Waals surface area contributed by atoms with Crippen molar-refractivity contribution in [3.8, 4) is 0 Å². The first kappa shape index (κ1) is 11.8. The SMILES string of the molecule is COCC(C)N(C)c1ccc(N)c(C)n1. The molecule has 0 saturated heterocycles. The summed E-state index contributed by atoms with van der Waals surface area (Å²) in [5.41, 5.74) is 7.31. The Morgan fingerprint density at radius 2 is 2.20 bits per heavy atom. The van der Waals surface area contributed by atoms with E-state index in [1.54, 1.807) is 7.11 Å². The van der Waals surface area contributed by atoms with Crippen LogP contribution in [0.2, 0.25) is 0 Å². The summed E-state index contributed by atoms with van der Waals surface area (Å²) in [6, 6.07) is 4.10. The lowest BCUT2D eigenvalue weighted by atomic mass is 10.2. The maximum absolute atomic E-state index is 5.72. The minimum absolute atomic E-state index is 0.297. The zero-order chi connectivity index (χ0) is 11.4. The quantitative estimate of drug-likeness (QED) is 0.815. The normalized spacial score (nSPS) is 12.5. The van der Waals surface area contributed by atoms with Crippen molar-refractivity contribution in [1.82, 2.24) is 4.98 Å². The molecule has 1 heterocycles. The zero-order valence-electron chi connectivity index (χ0n) is 9.82. The third-order valence-corrected chi connectivity index (χ3v) is 2.54. The molecule has 0 aliphatic heterocycles. The smallest absolute Gasteiger partial charge is 0.129 e. The van der Waals surface area contributed by atoms with Crippen molar-refractivity contribution in [2.24, 2.45) is 0 Å². The summed E-state index contributed by atoms with van der Waals surface area (Å²) in [5.74, 6) is 0.922. The lowest BCUT2D eigenvalue weighted by molar-refractivity contribution is 0.183. The molecule has 1 rings (SSSR count). The number of rotatable bonds is 4. The molecule has 1 atom stereocenters. The Labute approximate surface area is 91.1 Å². The van der Waals surface area contributed by atoms with Gasteiger partial charge >= 0.3 is 0 Å². The van der Waals surface area contributed by atoms with E-state index in [-0.39, 0.29) is 0 Å². The molecule has 2 N–H and O–H groups in total. The summed E-state index contributed by atoms with van der Waals surface area (Å²) in [6.45, 7) is 4.69. The number of hydrogen-bond donors (Lipinski definition) is 1. The summed E-state index contributed by atoms with van der Waals surface area (Å²) in [7, 11) is 3.70. The van der Waals surface area contributed by atoms with Crippen molar-refractivity contribution >= 4 is 11.5 Å². The predicted molar refractivity (Wildman–Crippen MR) is 63.1 cm³/mol. The fourth-order valence-corrected chi connectivity index (χ4v) is 1.33. The highest BCUT2D eigenvalue weighted by Gasteiger charge is 2.11. The van der Waals surface area contributed by atoms with Crippen LogP contribution in [0, 0.1) is 6.92 Å². The third kappa shape index (κ3) is 2.83. The highest BCUT2D eigenvalue weighted by Crippen LogP contribution is 2.16. The molecule has 0 spiro atoms. The second-order valence-corrected chi connectivity index (χ2v) is 3.76. The van der Waals surface area contributed by atoms with Gasteiger partial charge in [0.25, 0.3) is 0 Å². The highest BCUT2D eigenvalue weighted by atomic mass is 16.5. The highest BCUT2D eigenvalue weighted by molar-refractivity contribution is 5.50. The van der Waals surface area contributed by atoms with Gasteiger partial charge in [0.2, 0.25) is 0 Å². The van der Waals surface area contributed by atoms with Crippen LogP contribution < -0.4 is 10.6 Å². The van der Waals surface area contributed by atoms with Crippen LogP contribution >= 0.6 is 0 Å². The van der Waals surface area contributed by atoms with Gasteiger partial charge in [0, 0.05) is 14.2 Å². The van der Waals surface area contributed by atoms with Gasteiger partial charge in [-0.25, -0.2) is 4.98 Å². The Bertz CT molecular complexity index is 328. The number of nitrogen functional groups attached to an aromatic ring is 1. The second-order valence-electron chi connectivity index (χ2n) is 3.76. The number of ether oxygens (including phenoxy) is 1. The molecule has 1 aromatic rings. The molecule has 0 aliphatic carbocycles. The van der Waals surface area contributed by atoms with Crippen molar-refractivity contribution in [2.45, 2.75) is 19.9 Å². The molecular formula is C11H19N3O. The number of nitrogens with two attached hydrogens (primary N) is 1. The first-order chi connectivity index (χ1) is 7.06. The lowest BCUT2D eigenvalue weighted by Gasteiger charge is -2.25. The van der Waals surface area contributed by atoms with Gasteiger partial charge in [0.1, 0.15) is 5.82 Å². The van der Waals surface area contributed by atoms with Crippen molar-refractivity contribution < 1.29 is 4.74 Å². The van der Waals surface area contributed by atoms with Crippen LogP contribution in [0.15, 0.2) is 12.1 Å². The Morgan fingerprint density at radius 3 is 2.73 bits per heavy atom. The molecule has 1 unspecified atom stereocenters. The monoisotopic (exact) mass is 209 g/mol. The molecule has 0 amide bonds. The van der Waals surface area contributed by atoms with Crippen LogP contribution in [0.4, 0.5) is 11.5 Å². The number of anilines is 2. The van der Waals surface area contributed by atoms with Crippen LogP contribution in [0.5, 0.6) is 0 Å². The van der Waals surface area contributed by atoms with E-state index in [1.807, 2.05) is 26.1 Å². The molecule has 84 valence electrons. The average molecular weight is 209 g/mol. The van der Waals surface area contributed by atoms with Gasteiger partial charge in [-0.15, -0.1) is 0 Å². The van der Waals surface area contributed by atoms with E-state index in [0.717, 1.165) is 17.2 Å². The number of likely N-dealkylation sites (N-methyl/N-ethyl adjacent to an activating group) is 1. The topological polar surface area (TPSA) is 51.4 Å². The van der Waals surface area contributed by atoms with E-state index in [1.165, 1.54) is 0 Å². The van der Waals surface area contributed by atoms with E-state index in [4.69, 9.17) is 10.5 Å². The molecular weight excluding hydrogens is 190 g/mol. The number of pyridine rings is 1. The van der Waals surface area contributed by atoms with E-state index >= 15 is 0 Å². The second kappa shape index (κ2) is 4.98. The predicted octanol–water partition coefficient (Wildman–Crippen LogP) is 1.44. The molecule has 0 bridgehead atoms. The minimum Gasteiger partial charge on any atom is -0.397 e. The molecule has 1 aromatic heterocycles. The van der Waals surface area contributed by atoms with Gasteiger partial charge in [0.15, 0.2) is 0 Å². The zero-order valence-corrected chi connectivity index (χ0v) is 9.82. The molecule has 0 fully saturated rings. The van der Waals surface area contributed by atoms with Crippen LogP contribution in [0.3, 0.4) is 0 Å². The third-order valence-electron chi connectivity index (χ3n) is 2.54. The summed E-state index contributed by atoms with van der Waals surface area (Å²) in [6.07, 6.45) is 0. The van der Waals surface area contributed by atoms with E-state index in [2.05, 4.69) is 16.8 Å². The maximum atomic E-state index is 5.72. The minimum atomic E-state index is 0.297. The summed E-state index contributed by atoms with van der Waals surface area (Å²) >= 11 is 0. The van der Waals surface area contributed by atoms with E-state index < -0.39 is 0 Å². The largest absolute Gasteiger partial charge is 0.397 e. The number of hydrogen-bond acceptors (Lipinski definition) is 4. The van der Waals surface area contributed by atoms with Gasteiger partial charge < -0.3 is 15.4 Å². The first-order valence-corrected chi connectivity index (χ1v) is 5.01. The number of aromatic nitrogens is 1. The van der Waals surface area contributed by atoms with Crippen molar-refractivity contribution in [3.63, 3.8) is 0 Å². The Hall–Kier alpha value is -1.29. The Morgan fingerprint density at radius 1 is 1.53 bits per heavy atom. The molecule has 15 heavy (non-hydrogen) atoms. The summed E-state index contributed by atoms with van der Waals surface area (Å²) in [4.78, 5) is 6.50. The fourth-order valence-electron chi connectivity index (χ4n) is 1.33. The molecule has 0 saturated carbocycles. The maximum Gasteiger partial charge on any atom is 0.129 e. The van der Waals surface area contributed by atoms with Crippen molar-refractivity contribution in [3.05, 3.63) is 17.8 Å². The van der Waals surface area contributed by atoms with Crippen molar-refractivity contribution in [2.75, 3.05) is 31.4 Å². The summed E-state index contributed by atoms with van der Waals surface area (Å²) < 4.78 is 5.11. The first-order valence-electron chi connectivity index (χ1n) is 5.01. The molecule has 0 radical (unpaired) electrons. The van der Waals surface area contributed by atoms with Gasteiger partial charge in [-0.3, -0.25) is 0 Å². The van der Waals surface area contributed by atoms with Gasteiger partial charge in [-0.1, -0.05) is 0 Å². The fraction of sp³-hybridized carbons (Fsp3) is 0.545. The average Bonchev–Trinajstić information content (AvgIpc) is 2.21. The Kier molecular flexibility index (Phi) is 3.91. The Balaban J connectivity index is 2.81. The van der Waals surface area contributed by atoms with Gasteiger partial charge in [-0.2, -0.15) is 0 Å². The van der Waals surface area contributed by atoms with Gasteiger partial charge in [-0.05, 0) is 26.0 Å². The molecule has 4 heteroatoms. The number of methoxy groups -OCH3 is 1. The number of aryl methyl sites for hydroxylation is 1. The lowest BCUT2D eigenvalue weighted by Crippen LogP contribution is -2.33. The molecule has 4 nitrogen and oxygen atoms in total. The number of nitrogens with zero attached hydrogens (tertiary/aromatic N) is 2. The van der Waals surface area contributed by atoms with Crippen LogP contribution in [0.25, 0.3) is 0 Å². The summed E-state index contributed by atoms with van der Waals surface area (Å²) in [5, 5.41) is 0. The van der Waals surface area contributed by atoms with E-state index in [9.17, 15) is 0 Å². The molecule has 0 aliphatic rings. The van der Waals surface area contributed by atoms with Crippen molar-refractivity contribution in [1.29, 1.82) is 0 Å². The van der Waals surface area contributed by atoms with Gasteiger partial charge in [0.05, 0.1) is 24.0 Å². The standard InChI is InChI=1S/C11H19N3O/c1-8(7-15-4)14(3)11-6-5-10(12)9(2)13-11/h5-6,8H,7,12H2,1-4H3. The van der Waals surface area contributed by atoms with Crippen LogP contribution in [-0.4, -0.2) is 31.8 Å². The van der Waals surface area contributed by atoms with E-state index in [0.29, 0.717) is 12.6 Å². The molecule has 0 aromatic carbocycles. The van der Waals surface area contributed by atoms with Crippen LogP contribution in [0.1, 0.15) is 12.6 Å². The van der Waals surface area contributed by atoms with Crippen LogP contribution in [-0.2, 0) is 4.74 Å².